The summed E-state index contributed by atoms with van der Waals surface area (Å²) in [5.74, 6) is -1.32. The number of oxime groups is 1. The van der Waals surface area contributed by atoms with Crippen molar-refractivity contribution in [3.05, 3.63) is 29.3 Å². The van der Waals surface area contributed by atoms with Gasteiger partial charge in [-0.1, -0.05) is 47.7 Å². The number of carboxylic acids is 1. The number of aliphatic carboxylic acids is 1. The van der Waals surface area contributed by atoms with E-state index in [1.165, 1.54) is 0 Å². The summed E-state index contributed by atoms with van der Waals surface area (Å²) in [4.78, 5) is 28.0. The lowest BCUT2D eigenvalue weighted by Crippen LogP contribution is -2.29. The first kappa shape index (κ1) is 20.4. The van der Waals surface area contributed by atoms with E-state index in [0.717, 1.165) is 11.1 Å². The minimum absolute atomic E-state index is 0.214. The van der Waals surface area contributed by atoms with Crippen molar-refractivity contribution in [1.82, 2.24) is 0 Å². The second kappa shape index (κ2) is 9.00. The Morgan fingerprint density at radius 2 is 1.83 bits per heavy atom. The number of rotatable bonds is 8. The topological polar surface area (TPSA) is 88.0 Å². The molecule has 0 spiro atoms. The predicted octanol–water partition coefficient (Wildman–Crippen LogP) is 3.55. The highest BCUT2D eigenvalue weighted by molar-refractivity contribution is 14.1. The normalized spacial score (nSPS) is 12.0. The number of hydrogen-bond acceptors (Lipinski definition) is 4. The molecule has 0 aliphatic rings. The number of amides is 1. The molecule has 0 aromatic heterocycles. The van der Waals surface area contributed by atoms with E-state index in [4.69, 9.17) is 9.94 Å². The van der Waals surface area contributed by atoms with Crippen molar-refractivity contribution in [3.8, 4) is 0 Å². The fraction of sp³-hybridized carbons (Fsp3) is 0.471. The molecule has 0 radical (unpaired) electrons. The van der Waals surface area contributed by atoms with Gasteiger partial charge in [-0.15, -0.1) is 0 Å². The number of hydrogen-bond donors (Lipinski definition) is 2. The van der Waals surface area contributed by atoms with Gasteiger partial charge in [0.1, 0.15) is 0 Å². The van der Waals surface area contributed by atoms with Gasteiger partial charge in [0.25, 0.3) is 5.91 Å². The smallest absolute Gasteiger partial charge is 0.309 e. The first-order valence-corrected chi connectivity index (χ1v) is 9.02. The number of aryl methyl sites for hydroxylation is 2. The number of carboxylic acid groups (broad SMARTS) is 1. The minimum atomic E-state index is -0.977. The molecule has 0 saturated heterocycles. The number of nitrogens with zero attached hydrogens (tertiary/aromatic N) is 1. The molecule has 0 atom stereocenters. The molecule has 7 heteroatoms. The summed E-state index contributed by atoms with van der Waals surface area (Å²) < 4.78 is 0.689. The second-order valence-electron chi connectivity index (χ2n) is 6.32. The van der Waals surface area contributed by atoms with Crippen molar-refractivity contribution in [2.45, 2.75) is 34.1 Å². The standard InChI is InChI=1S/C17H23IN2O4/c1-11-5-12(2)7-13(6-11)19-15(21)9-24-20-14(8-16(22)23)17(3,4)10-18/h5-7H,8-10H2,1-4H3,(H,19,21)(H,22,23)/b20-14-. The quantitative estimate of drug-likeness (QED) is 0.277. The number of benzene rings is 1. The molecular weight excluding hydrogens is 423 g/mol. The fourth-order valence-electron chi connectivity index (χ4n) is 2.03. The predicted molar refractivity (Wildman–Crippen MR) is 103 cm³/mol. The zero-order chi connectivity index (χ0) is 18.3. The number of halogens is 1. The molecule has 1 aromatic rings. The van der Waals surface area contributed by atoms with Gasteiger partial charge >= 0.3 is 5.97 Å². The van der Waals surface area contributed by atoms with Gasteiger partial charge in [0.15, 0.2) is 6.61 Å². The maximum absolute atomic E-state index is 11.9. The molecule has 2 N–H and O–H groups in total. The molecule has 132 valence electrons. The third-order valence-electron chi connectivity index (χ3n) is 3.31. The van der Waals surface area contributed by atoms with E-state index in [-0.39, 0.29) is 18.9 Å². The van der Waals surface area contributed by atoms with Crippen LogP contribution in [-0.2, 0) is 14.4 Å². The van der Waals surface area contributed by atoms with Crippen molar-refractivity contribution in [1.29, 1.82) is 0 Å². The zero-order valence-electron chi connectivity index (χ0n) is 14.4. The van der Waals surface area contributed by atoms with E-state index in [9.17, 15) is 9.59 Å². The van der Waals surface area contributed by atoms with Crippen LogP contribution in [0.1, 0.15) is 31.4 Å². The monoisotopic (exact) mass is 446 g/mol. The molecule has 0 bridgehead atoms. The number of anilines is 1. The SMILES string of the molecule is Cc1cc(C)cc(NC(=O)CO/N=C(/CC(=O)O)C(C)(C)CI)c1. The van der Waals surface area contributed by atoms with Crippen LogP contribution in [0.3, 0.4) is 0 Å². The number of carbonyl (C=O) groups is 2. The van der Waals surface area contributed by atoms with E-state index < -0.39 is 11.4 Å². The molecule has 24 heavy (non-hydrogen) atoms. The first-order chi connectivity index (χ1) is 11.1. The number of carbonyl (C=O) groups excluding carboxylic acids is 1. The largest absolute Gasteiger partial charge is 0.481 e. The Labute approximate surface area is 155 Å². The molecule has 0 heterocycles. The van der Waals surface area contributed by atoms with Crippen LogP contribution >= 0.6 is 22.6 Å². The molecule has 1 aromatic carbocycles. The third kappa shape index (κ3) is 6.86. The van der Waals surface area contributed by atoms with E-state index in [0.29, 0.717) is 15.8 Å². The van der Waals surface area contributed by atoms with Gasteiger partial charge in [-0.2, -0.15) is 0 Å². The molecule has 0 aliphatic carbocycles. The average Bonchev–Trinajstić information content (AvgIpc) is 2.44. The molecule has 1 rings (SSSR count). The molecule has 0 fully saturated rings. The van der Waals surface area contributed by atoms with Crippen molar-refractivity contribution in [2.75, 3.05) is 16.4 Å². The highest BCUT2D eigenvalue weighted by Gasteiger charge is 2.26. The van der Waals surface area contributed by atoms with Crippen LogP contribution in [-0.4, -0.2) is 33.7 Å². The number of alkyl halides is 1. The Morgan fingerprint density at radius 3 is 2.33 bits per heavy atom. The summed E-state index contributed by atoms with van der Waals surface area (Å²) in [6.07, 6.45) is -0.214. The zero-order valence-corrected chi connectivity index (χ0v) is 16.5. The van der Waals surface area contributed by atoms with Gasteiger partial charge in [-0.05, 0) is 37.1 Å². The minimum Gasteiger partial charge on any atom is -0.481 e. The second-order valence-corrected chi connectivity index (χ2v) is 7.09. The van der Waals surface area contributed by atoms with Gasteiger partial charge in [0.05, 0.1) is 12.1 Å². The summed E-state index contributed by atoms with van der Waals surface area (Å²) >= 11 is 2.17. The van der Waals surface area contributed by atoms with Crippen molar-refractivity contribution < 1.29 is 19.5 Å². The summed E-state index contributed by atoms with van der Waals surface area (Å²) in [5, 5.41) is 15.6. The first-order valence-electron chi connectivity index (χ1n) is 7.49. The summed E-state index contributed by atoms with van der Waals surface area (Å²) in [5.41, 5.74) is 2.80. The van der Waals surface area contributed by atoms with E-state index >= 15 is 0 Å². The van der Waals surface area contributed by atoms with Crippen LogP contribution < -0.4 is 5.32 Å². The molecule has 0 saturated carbocycles. The maximum Gasteiger partial charge on any atom is 0.309 e. The Hall–Kier alpha value is -1.64. The van der Waals surface area contributed by atoms with Crippen LogP contribution in [0.15, 0.2) is 23.4 Å². The lowest BCUT2D eigenvalue weighted by Gasteiger charge is -2.22. The van der Waals surface area contributed by atoms with E-state index in [2.05, 4.69) is 33.1 Å². The van der Waals surface area contributed by atoms with Crippen LogP contribution in [0.2, 0.25) is 0 Å². The molecular formula is C17H23IN2O4. The van der Waals surface area contributed by atoms with Crippen molar-refractivity contribution in [2.24, 2.45) is 10.6 Å². The van der Waals surface area contributed by atoms with Crippen LogP contribution in [0, 0.1) is 19.3 Å². The van der Waals surface area contributed by atoms with Crippen molar-refractivity contribution >= 4 is 45.9 Å². The van der Waals surface area contributed by atoms with Gasteiger partial charge in [0.2, 0.25) is 0 Å². The molecule has 1 amide bonds. The summed E-state index contributed by atoms with van der Waals surface area (Å²) in [7, 11) is 0. The van der Waals surface area contributed by atoms with Gasteiger partial charge in [0, 0.05) is 15.5 Å². The highest BCUT2D eigenvalue weighted by atomic mass is 127. The Morgan fingerprint density at radius 1 is 1.25 bits per heavy atom. The Kier molecular flexibility index (Phi) is 7.65. The highest BCUT2D eigenvalue weighted by Crippen LogP contribution is 2.23. The summed E-state index contributed by atoms with van der Waals surface area (Å²) in [6.45, 7) is 7.41. The average molecular weight is 446 g/mol. The maximum atomic E-state index is 11.9. The van der Waals surface area contributed by atoms with Crippen LogP contribution in [0.5, 0.6) is 0 Å². The lowest BCUT2D eigenvalue weighted by atomic mass is 9.88. The Balaban J connectivity index is 2.68. The lowest BCUT2D eigenvalue weighted by molar-refractivity contribution is -0.135. The van der Waals surface area contributed by atoms with Gasteiger partial charge in [-0.25, -0.2) is 0 Å². The van der Waals surface area contributed by atoms with Crippen molar-refractivity contribution in [3.63, 3.8) is 0 Å². The molecule has 6 nitrogen and oxygen atoms in total. The Bertz CT molecular complexity index is 621. The summed E-state index contributed by atoms with van der Waals surface area (Å²) in [6, 6.07) is 5.74. The molecule has 0 unspecified atom stereocenters. The fourth-order valence-corrected chi connectivity index (χ4v) is 2.47. The molecule has 0 aliphatic heterocycles. The van der Waals surface area contributed by atoms with E-state index in [1.807, 2.05) is 45.9 Å². The van der Waals surface area contributed by atoms with Gasteiger partial charge in [-0.3, -0.25) is 9.59 Å². The van der Waals surface area contributed by atoms with Crippen LogP contribution in [0.4, 0.5) is 5.69 Å². The number of nitrogens with one attached hydrogen (secondary N) is 1. The van der Waals surface area contributed by atoms with E-state index in [1.54, 1.807) is 0 Å². The van der Waals surface area contributed by atoms with Gasteiger partial charge < -0.3 is 15.3 Å². The third-order valence-corrected chi connectivity index (χ3v) is 5.22. The van der Waals surface area contributed by atoms with Crippen LogP contribution in [0.25, 0.3) is 0 Å².